The van der Waals surface area contributed by atoms with Gasteiger partial charge >= 0.3 is 0 Å². The van der Waals surface area contributed by atoms with Crippen molar-refractivity contribution in [1.82, 2.24) is 20.3 Å². The molecule has 0 saturated heterocycles. The second-order valence-electron chi connectivity index (χ2n) is 8.17. The van der Waals surface area contributed by atoms with Gasteiger partial charge in [0.05, 0.1) is 5.69 Å². The van der Waals surface area contributed by atoms with E-state index in [0.29, 0.717) is 5.56 Å². The smallest absolute Gasteiger partial charge is 0.257 e. The summed E-state index contributed by atoms with van der Waals surface area (Å²) in [6, 6.07) is 19.5. The van der Waals surface area contributed by atoms with Gasteiger partial charge in [0.2, 0.25) is 0 Å². The highest BCUT2D eigenvalue weighted by molar-refractivity contribution is 7.80. The highest BCUT2D eigenvalue weighted by Crippen LogP contribution is 2.18. The standard InChI is InChI=1S/C26H27N5OS/c1-4-5-6-19-8-12-22(13-9-19)31-29-23-14-11-21(16-24(23)30-31)27-26(33)28-25(32)20-10-7-17(2)18(3)15-20/h7-16H,4-6H2,1-3H3,(H2,27,28,32,33). The maximum Gasteiger partial charge on any atom is 0.257 e. The molecule has 0 fully saturated rings. The number of hydrogen-bond acceptors (Lipinski definition) is 4. The Morgan fingerprint density at radius 3 is 2.42 bits per heavy atom. The molecule has 0 bridgehead atoms. The van der Waals surface area contributed by atoms with E-state index in [1.807, 2.05) is 56.3 Å². The second kappa shape index (κ2) is 9.92. The average Bonchev–Trinajstić information content (AvgIpc) is 3.23. The molecule has 0 aliphatic heterocycles. The number of benzene rings is 3. The molecule has 0 aliphatic carbocycles. The molecule has 0 unspecified atom stereocenters. The van der Waals surface area contributed by atoms with Crippen molar-refractivity contribution in [2.75, 3.05) is 5.32 Å². The SMILES string of the molecule is CCCCc1ccc(-n2nc3ccc(NC(=S)NC(=O)c4ccc(C)c(C)c4)cc3n2)cc1. The average molecular weight is 458 g/mol. The minimum Gasteiger partial charge on any atom is -0.332 e. The Hall–Kier alpha value is -3.58. The zero-order chi connectivity index (χ0) is 23.4. The molecule has 1 amide bonds. The third-order valence-electron chi connectivity index (χ3n) is 5.62. The molecule has 0 radical (unpaired) electrons. The molecule has 0 spiro atoms. The quantitative estimate of drug-likeness (QED) is 0.374. The van der Waals surface area contributed by atoms with Crippen molar-refractivity contribution >= 4 is 40.0 Å². The fourth-order valence-corrected chi connectivity index (χ4v) is 3.72. The number of nitrogens with one attached hydrogen (secondary N) is 2. The van der Waals surface area contributed by atoms with E-state index >= 15 is 0 Å². The van der Waals surface area contributed by atoms with Crippen LogP contribution in [0.4, 0.5) is 5.69 Å². The number of unbranched alkanes of at least 4 members (excludes halogenated alkanes) is 1. The van der Waals surface area contributed by atoms with E-state index in [1.165, 1.54) is 18.4 Å². The van der Waals surface area contributed by atoms with Crippen LogP contribution in [0.1, 0.15) is 46.8 Å². The molecule has 168 valence electrons. The first-order valence-electron chi connectivity index (χ1n) is 11.1. The predicted octanol–water partition coefficient (Wildman–Crippen LogP) is 5.51. The van der Waals surface area contributed by atoms with Crippen molar-refractivity contribution in [2.45, 2.75) is 40.0 Å². The van der Waals surface area contributed by atoms with Crippen molar-refractivity contribution in [3.63, 3.8) is 0 Å². The normalized spacial score (nSPS) is 10.9. The Kier molecular flexibility index (Phi) is 6.79. The number of aromatic nitrogens is 3. The molecule has 6 nitrogen and oxygen atoms in total. The zero-order valence-electron chi connectivity index (χ0n) is 19.1. The molecule has 1 heterocycles. The van der Waals surface area contributed by atoms with Gasteiger partial charge in [-0.2, -0.15) is 4.80 Å². The lowest BCUT2D eigenvalue weighted by Gasteiger charge is -2.10. The van der Waals surface area contributed by atoms with Crippen LogP contribution in [0.5, 0.6) is 0 Å². The van der Waals surface area contributed by atoms with E-state index < -0.39 is 0 Å². The number of rotatable bonds is 6. The molecule has 7 heteroatoms. The first-order valence-corrected chi connectivity index (χ1v) is 11.5. The van der Waals surface area contributed by atoms with Crippen LogP contribution in [0, 0.1) is 13.8 Å². The lowest BCUT2D eigenvalue weighted by molar-refractivity contribution is 0.0977. The maximum absolute atomic E-state index is 12.5. The van der Waals surface area contributed by atoms with E-state index in [4.69, 9.17) is 12.2 Å². The summed E-state index contributed by atoms with van der Waals surface area (Å²) in [5.41, 5.74) is 7.25. The summed E-state index contributed by atoms with van der Waals surface area (Å²) >= 11 is 5.33. The highest BCUT2D eigenvalue weighted by Gasteiger charge is 2.11. The Bertz CT molecular complexity index is 1310. The van der Waals surface area contributed by atoms with Crippen LogP contribution in [-0.4, -0.2) is 26.0 Å². The summed E-state index contributed by atoms with van der Waals surface area (Å²) in [6.45, 7) is 6.19. The Morgan fingerprint density at radius 1 is 0.939 bits per heavy atom. The fourth-order valence-electron chi connectivity index (χ4n) is 3.50. The van der Waals surface area contributed by atoms with Crippen LogP contribution in [0.2, 0.25) is 0 Å². The predicted molar refractivity (Wildman–Crippen MR) is 137 cm³/mol. The second-order valence-corrected chi connectivity index (χ2v) is 8.58. The molecule has 4 rings (SSSR count). The number of fused-ring (bicyclic) bond motifs is 1. The molecule has 0 atom stereocenters. The molecule has 3 aromatic carbocycles. The third-order valence-corrected chi connectivity index (χ3v) is 5.82. The molecule has 0 aliphatic rings. The first kappa shape index (κ1) is 22.6. The molecular weight excluding hydrogens is 430 g/mol. The largest absolute Gasteiger partial charge is 0.332 e. The Balaban J connectivity index is 1.44. The molecule has 0 saturated carbocycles. The summed E-state index contributed by atoms with van der Waals surface area (Å²) in [4.78, 5) is 14.1. The summed E-state index contributed by atoms with van der Waals surface area (Å²) in [5, 5.41) is 15.2. The van der Waals surface area contributed by atoms with E-state index in [1.54, 1.807) is 10.9 Å². The van der Waals surface area contributed by atoms with Crippen molar-refractivity contribution in [3.8, 4) is 5.69 Å². The molecule has 4 aromatic rings. The number of nitrogens with zero attached hydrogens (tertiary/aromatic N) is 3. The van der Waals surface area contributed by atoms with E-state index in [9.17, 15) is 4.79 Å². The topological polar surface area (TPSA) is 71.8 Å². The fraction of sp³-hybridized carbons (Fsp3) is 0.231. The summed E-state index contributed by atoms with van der Waals surface area (Å²) in [7, 11) is 0. The monoisotopic (exact) mass is 457 g/mol. The Labute approximate surface area is 199 Å². The van der Waals surface area contributed by atoms with Gasteiger partial charge in [-0.15, -0.1) is 10.2 Å². The highest BCUT2D eigenvalue weighted by atomic mass is 32.1. The van der Waals surface area contributed by atoms with Crippen molar-refractivity contribution in [3.05, 3.63) is 82.9 Å². The molecule has 1 aromatic heterocycles. The third kappa shape index (κ3) is 5.43. The van der Waals surface area contributed by atoms with Gasteiger partial charge in [0.15, 0.2) is 5.11 Å². The van der Waals surface area contributed by atoms with Gasteiger partial charge in [0.1, 0.15) is 11.0 Å². The van der Waals surface area contributed by atoms with E-state index in [0.717, 1.165) is 40.0 Å². The number of aryl methyl sites for hydroxylation is 3. The first-order chi connectivity index (χ1) is 15.9. The van der Waals surface area contributed by atoms with Crippen LogP contribution in [-0.2, 0) is 6.42 Å². The molecule has 2 N–H and O–H groups in total. The van der Waals surface area contributed by atoms with Crippen LogP contribution >= 0.6 is 12.2 Å². The number of amides is 1. The molecule has 33 heavy (non-hydrogen) atoms. The molecular formula is C26H27N5OS. The van der Waals surface area contributed by atoms with Crippen molar-refractivity contribution in [2.24, 2.45) is 0 Å². The lowest BCUT2D eigenvalue weighted by Crippen LogP contribution is -2.34. The van der Waals surface area contributed by atoms with Crippen LogP contribution in [0.3, 0.4) is 0 Å². The van der Waals surface area contributed by atoms with E-state index in [-0.39, 0.29) is 11.0 Å². The van der Waals surface area contributed by atoms with Crippen molar-refractivity contribution in [1.29, 1.82) is 0 Å². The van der Waals surface area contributed by atoms with Crippen LogP contribution in [0.15, 0.2) is 60.7 Å². The lowest BCUT2D eigenvalue weighted by atomic mass is 10.1. The summed E-state index contributed by atoms with van der Waals surface area (Å²) in [5.74, 6) is -0.245. The van der Waals surface area contributed by atoms with Gasteiger partial charge in [0.25, 0.3) is 5.91 Å². The van der Waals surface area contributed by atoms with Gasteiger partial charge < -0.3 is 5.32 Å². The van der Waals surface area contributed by atoms with Gasteiger partial charge in [-0.1, -0.05) is 31.5 Å². The Morgan fingerprint density at radius 2 is 1.70 bits per heavy atom. The summed E-state index contributed by atoms with van der Waals surface area (Å²) < 4.78 is 0. The number of anilines is 1. The van der Waals surface area contributed by atoms with Gasteiger partial charge in [-0.05, 0) is 98.1 Å². The number of carbonyl (C=O) groups is 1. The van der Waals surface area contributed by atoms with Gasteiger partial charge in [-0.25, -0.2) is 0 Å². The zero-order valence-corrected chi connectivity index (χ0v) is 19.9. The minimum absolute atomic E-state index is 0.229. The number of thiocarbonyl (C=S) groups is 1. The minimum atomic E-state index is -0.245. The van der Waals surface area contributed by atoms with E-state index in [2.05, 4.69) is 39.9 Å². The van der Waals surface area contributed by atoms with Crippen molar-refractivity contribution < 1.29 is 4.79 Å². The number of hydrogen-bond donors (Lipinski definition) is 2. The van der Waals surface area contributed by atoms with Gasteiger partial charge in [-0.3, -0.25) is 10.1 Å². The van der Waals surface area contributed by atoms with Crippen LogP contribution in [0.25, 0.3) is 16.7 Å². The maximum atomic E-state index is 12.5. The summed E-state index contributed by atoms with van der Waals surface area (Å²) in [6.07, 6.45) is 3.45. The van der Waals surface area contributed by atoms with Gasteiger partial charge in [0, 0.05) is 11.3 Å². The van der Waals surface area contributed by atoms with Crippen LogP contribution < -0.4 is 10.6 Å². The number of carbonyl (C=O) groups excluding carboxylic acids is 1.